The summed E-state index contributed by atoms with van der Waals surface area (Å²) in [5.41, 5.74) is 4.86. The second-order valence-electron chi connectivity index (χ2n) is 6.09. The molecule has 0 unspecified atom stereocenters. The number of para-hydroxylation sites is 1. The molecule has 3 nitrogen and oxygen atoms in total. The highest BCUT2D eigenvalue weighted by molar-refractivity contribution is 6.05. The van der Waals surface area contributed by atoms with Crippen molar-refractivity contribution in [3.05, 3.63) is 59.2 Å². The Morgan fingerprint density at radius 2 is 1.77 bits per heavy atom. The molecule has 0 aromatic heterocycles. The monoisotopic (exact) mass is 296 g/mol. The first kappa shape index (κ1) is 16.1. The third kappa shape index (κ3) is 3.48. The van der Waals surface area contributed by atoms with Gasteiger partial charge in [-0.25, -0.2) is 0 Å². The van der Waals surface area contributed by atoms with Gasteiger partial charge in [0.2, 0.25) is 0 Å². The first-order valence-corrected chi connectivity index (χ1v) is 7.58. The Kier molecular flexibility index (Phi) is 4.86. The van der Waals surface area contributed by atoms with Gasteiger partial charge in [0, 0.05) is 31.0 Å². The zero-order chi connectivity index (χ0) is 16.3. The number of rotatable bonds is 4. The molecule has 2 aromatic carbocycles. The lowest BCUT2D eigenvalue weighted by Crippen LogP contribution is -2.16. The fraction of sp³-hybridized carbons (Fsp3) is 0.316. The van der Waals surface area contributed by atoms with Crippen LogP contribution in [0, 0.1) is 6.92 Å². The lowest BCUT2D eigenvalue weighted by molar-refractivity contribution is 0.102. The molecule has 0 saturated heterocycles. The van der Waals surface area contributed by atoms with Gasteiger partial charge in [0.1, 0.15) is 0 Å². The summed E-state index contributed by atoms with van der Waals surface area (Å²) in [5.74, 6) is 0.295. The molecular weight excluding hydrogens is 272 g/mol. The number of nitrogens with one attached hydrogen (secondary N) is 1. The highest BCUT2D eigenvalue weighted by Crippen LogP contribution is 2.28. The molecule has 0 aliphatic heterocycles. The minimum Gasteiger partial charge on any atom is -0.378 e. The van der Waals surface area contributed by atoms with Crippen LogP contribution in [0.1, 0.15) is 41.3 Å². The fourth-order valence-electron chi connectivity index (χ4n) is 2.45. The summed E-state index contributed by atoms with van der Waals surface area (Å²) in [6.07, 6.45) is 0. The van der Waals surface area contributed by atoms with Crippen molar-refractivity contribution < 1.29 is 4.79 Å². The average molecular weight is 296 g/mol. The van der Waals surface area contributed by atoms with E-state index in [1.54, 1.807) is 0 Å². The molecule has 0 radical (unpaired) electrons. The fourth-order valence-corrected chi connectivity index (χ4v) is 2.45. The molecule has 0 spiro atoms. The van der Waals surface area contributed by atoms with E-state index < -0.39 is 0 Å². The van der Waals surface area contributed by atoms with Gasteiger partial charge >= 0.3 is 0 Å². The molecular formula is C19H24N2O. The van der Waals surface area contributed by atoms with Crippen molar-refractivity contribution in [1.29, 1.82) is 0 Å². The van der Waals surface area contributed by atoms with Crippen LogP contribution in [-0.4, -0.2) is 20.0 Å². The van der Waals surface area contributed by atoms with Crippen LogP contribution >= 0.6 is 0 Å². The Morgan fingerprint density at radius 1 is 1.09 bits per heavy atom. The van der Waals surface area contributed by atoms with Crippen molar-refractivity contribution in [2.75, 3.05) is 24.3 Å². The summed E-state index contributed by atoms with van der Waals surface area (Å²) in [6, 6.07) is 13.8. The van der Waals surface area contributed by atoms with E-state index in [4.69, 9.17) is 0 Å². The van der Waals surface area contributed by atoms with Crippen LogP contribution < -0.4 is 10.2 Å². The Balaban J connectivity index is 2.32. The largest absolute Gasteiger partial charge is 0.378 e. The smallest absolute Gasteiger partial charge is 0.255 e. The summed E-state index contributed by atoms with van der Waals surface area (Å²) in [4.78, 5) is 14.6. The third-order valence-corrected chi connectivity index (χ3v) is 3.79. The molecule has 0 saturated carbocycles. The predicted octanol–water partition coefficient (Wildman–Crippen LogP) is 4.44. The summed E-state index contributed by atoms with van der Waals surface area (Å²) >= 11 is 0. The van der Waals surface area contributed by atoms with Gasteiger partial charge in [-0.1, -0.05) is 38.1 Å². The Labute approximate surface area is 133 Å². The van der Waals surface area contributed by atoms with Crippen LogP contribution in [-0.2, 0) is 0 Å². The van der Waals surface area contributed by atoms with Gasteiger partial charge < -0.3 is 10.2 Å². The summed E-state index contributed by atoms with van der Waals surface area (Å²) in [5, 5.41) is 3.09. The van der Waals surface area contributed by atoms with Crippen LogP contribution in [0.4, 0.5) is 11.4 Å². The summed E-state index contributed by atoms with van der Waals surface area (Å²) < 4.78 is 0. The van der Waals surface area contributed by atoms with E-state index in [-0.39, 0.29) is 5.91 Å². The van der Waals surface area contributed by atoms with Crippen LogP contribution in [0.15, 0.2) is 42.5 Å². The van der Waals surface area contributed by atoms with Crippen molar-refractivity contribution in [3.63, 3.8) is 0 Å². The molecule has 0 aliphatic rings. The number of carbonyl (C=O) groups excluding carboxylic acids is 1. The van der Waals surface area contributed by atoms with Gasteiger partial charge in [-0.05, 0) is 42.2 Å². The number of benzene rings is 2. The van der Waals surface area contributed by atoms with Crippen molar-refractivity contribution >= 4 is 17.3 Å². The Morgan fingerprint density at radius 3 is 2.41 bits per heavy atom. The Bertz CT molecular complexity index is 675. The first-order chi connectivity index (χ1) is 10.4. The molecule has 0 aliphatic carbocycles. The second-order valence-corrected chi connectivity index (χ2v) is 6.09. The van der Waals surface area contributed by atoms with Gasteiger partial charge in [0.25, 0.3) is 5.91 Å². The van der Waals surface area contributed by atoms with Gasteiger partial charge in [0.05, 0.1) is 0 Å². The second kappa shape index (κ2) is 6.65. The lowest BCUT2D eigenvalue weighted by Gasteiger charge is -2.17. The molecule has 0 fully saturated rings. The van der Waals surface area contributed by atoms with Crippen LogP contribution in [0.25, 0.3) is 0 Å². The SMILES string of the molecule is Cc1cccc(C(C)C)c1NC(=O)c1cccc(N(C)C)c1. The maximum Gasteiger partial charge on any atom is 0.255 e. The highest BCUT2D eigenvalue weighted by Gasteiger charge is 2.13. The Hall–Kier alpha value is -2.29. The zero-order valence-electron chi connectivity index (χ0n) is 14.0. The number of amides is 1. The molecule has 3 heteroatoms. The number of aryl methyl sites for hydroxylation is 1. The summed E-state index contributed by atoms with van der Waals surface area (Å²) in [6.45, 7) is 6.30. The number of hydrogen-bond donors (Lipinski definition) is 1. The maximum atomic E-state index is 12.6. The van der Waals surface area contributed by atoms with E-state index in [0.717, 1.165) is 22.5 Å². The molecule has 0 bridgehead atoms. The topological polar surface area (TPSA) is 32.3 Å². The maximum absolute atomic E-state index is 12.6. The van der Waals surface area contributed by atoms with E-state index in [1.165, 1.54) is 0 Å². The quantitative estimate of drug-likeness (QED) is 0.904. The van der Waals surface area contributed by atoms with E-state index in [9.17, 15) is 4.79 Å². The van der Waals surface area contributed by atoms with Crippen molar-refractivity contribution in [3.8, 4) is 0 Å². The van der Waals surface area contributed by atoms with Crippen LogP contribution in [0.3, 0.4) is 0 Å². The molecule has 1 amide bonds. The van der Waals surface area contributed by atoms with Gasteiger partial charge in [-0.2, -0.15) is 0 Å². The summed E-state index contributed by atoms with van der Waals surface area (Å²) in [7, 11) is 3.93. The van der Waals surface area contributed by atoms with Gasteiger partial charge in [-0.3, -0.25) is 4.79 Å². The molecule has 116 valence electrons. The number of hydrogen-bond acceptors (Lipinski definition) is 2. The van der Waals surface area contributed by atoms with Crippen molar-refractivity contribution in [1.82, 2.24) is 0 Å². The van der Waals surface area contributed by atoms with Crippen molar-refractivity contribution in [2.45, 2.75) is 26.7 Å². The van der Waals surface area contributed by atoms with Gasteiger partial charge in [-0.15, -0.1) is 0 Å². The third-order valence-electron chi connectivity index (χ3n) is 3.79. The molecule has 1 N–H and O–H groups in total. The van der Waals surface area contributed by atoms with E-state index in [2.05, 4.69) is 25.2 Å². The molecule has 2 aromatic rings. The molecule has 2 rings (SSSR count). The van der Waals surface area contributed by atoms with E-state index in [0.29, 0.717) is 11.5 Å². The number of nitrogens with zero attached hydrogens (tertiary/aromatic N) is 1. The van der Waals surface area contributed by atoms with Crippen molar-refractivity contribution in [2.24, 2.45) is 0 Å². The molecule has 22 heavy (non-hydrogen) atoms. The number of carbonyl (C=O) groups is 1. The van der Waals surface area contributed by atoms with Crippen LogP contribution in [0.5, 0.6) is 0 Å². The average Bonchev–Trinajstić information content (AvgIpc) is 2.49. The van der Waals surface area contributed by atoms with E-state index >= 15 is 0 Å². The normalized spacial score (nSPS) is 10.6. The van der Waals surface area contributed by atoms with Crippen LogP contribution in [0.2, 0.25) is 0 Å². The minimum absolute atomic E-state index is 0.0695. The lowest BCUT2D eigenvalue weighted by atomic mass is 9.98. The first-order valence-electron chi connectivity index (χ1n) is 7.58. The zero-order valence-corrected chi connectivity index (χ0v) is 14.0. The minimum atomic E-state index is -0.0695. The van der Waals surface area contributed by atoms with E-state index in [1.807, 2.05) is 62.3 Å². The predicted molar refractivity (Wildman–Crippen MR) is 94.0 cm³/mol. The van der Waals surface area contributed by atoms with Gasteiger partial charge in [0.15, 0.2) is 0 Å². The molecule has 0 atom stereocenters. The highest BCUT2D eigenvalue weighted by atomic mass is 16.1. The molecule has 0 heterocycles. The number of anilines is 2. The standard InChI is InChI=1S/C19H24N2O/c1-13(2)17-11-6-8-14(3)18(17)20-19(22)15-9-7-10-16(12-15)21(4)5/h6-13H,1-5H3,(H,20,22).